The monoisotopic (exact) mass is 391 g/mol. The van der Waals surface area contributed by atoms with Crippen LogP contribution in [0.2, 0.25) is 0 Å². The van der Waals surface area contributed by atoms with Crippen molar-refractivity contribution in [3.63, 3.8) is 0 Å². The minimum Gasteiger partial charge on any atom is -0.497 e. The van der Waals surface area contributed by atoms with Gasteiger partial charge in [-0.2, -0.15) is 11.3 Å². The van der Waals surface area contributed by atoms with E-state index >= 15 is 0 Å². The third kappa shape index (κ3) is 6.09. The molecule has 3 N–H and O–H groups in total. The molecule has 9 heteroatoms. The second-order valence-electron chi connectivity index (χ2n) is 5.91. The summed E-state index contributed by atoms with van der Waals surface area (Å²) < 4.78 is 10.3. The van der Waals surface area contributed by atoms with Crippen LogP contribution in [0.4, 0.5) is 0 Å². The summed E-state index contributed by atoms with van der Waals surface area (Å²) in [4.78, 5) is 24.5. The number of hydrogen-bond acceptors (Lipinski definition) is 7. The molecule has 1 amide bonds. The highest BCUT2D eigenvalue weighted by Crippen LogP contribution is 2.26. The SMILES string of the molecule is COc1ccc(C(=O)CCC(=O)N[C@@H](Cc2ccsc2)B(O)O)c(OC)c1. The average Bonchev–Trinajstić information content (AvgIpc) is 3.18. The molecule has 0 saturated carbocycles. The van der Waals surface area contributed by atoms with Crippen LogP contribution in [-0.2, 0) is 11.2 Å². The highest BCUT2D eigenvalue weighted by Gasteiger charge is 2.26. The number of carbonyl (C=O) groups is 2. The van der Waals surface area contributed by atoms with Crippen molar-refractivity contribution in [2.24, 2.45) is 0 Å². The number of amides is 1. The van der Waals surface area contributed by atoms with Gasteiger partial charge in [-0.15, -0.1) is 0 Å². The Morgan fingerprint density at radius 1 is 1.19 bits per heavy atom. The normalized spacial score (nSPS) is 11.6. The zero-order chi connectivity index (χ0) is 19.8. The lowest BCUT2D eigenvalue weighted by atomic mass is 9.76. The van der Waals surface area contributed by atoms with Crippen LogP contribution >= 0.6 is 11.3 Å². The van der Waals surface area contributed by atoms with Crippen LogP contribution in [-0.4, -0.2) is 49.0 Å². The Balaban J connectivity index is 1.93. The van der Waals surface area contributed by atoms with Crippen LogP contribution in [0.15, 0.2) is 35.0 Å². The van der Waals surface area contributed by atoms with Gasteiger partial charge < -0.3 is 24.8 Å². The van der Waals surface area contributed by atoms with Crippen LogP contribution in [0.25, 0.3) is 0 Å². The quantitative estimate of drug-likeness (QED) is 0.419. The standard InChI is InChI=1S/C18H22BNO6S/c1-25-13-3-4-14(16(10-13)26-2)15(21)5-6-18(22)20-17(19(23)24)9-12-7-8-27-11-12/h3-4,7-8,10-11,17,23-24H,5-6,9H2,1-2H3,(H,20,22)/t17-/m0/s1. The van der Waals surface area contributed by atoms with E-state index in [-0.39, 0.29) is 18.6 Å². The average molecular weight is 391 g/mol. The van der Waals surface area contributed by atoms with E-state index in [4.69, 9.17) is 9.47 Å². The number of ether oxygens (including phenoxy) is 2. The molecule has 0 radical (unpaired) electrons. The van der Waals surface area contributed by atoms with Crippen LogP contribution in [0, 0.1) is 0 Å². The fraction of sp³-hybridized carbons (Fsp3) is 0.333. The van der Waals surface area contributed by atoms with Crippen LogP contribution in [0.1, 0.15) is 28.8 Å². The van der Waals surface area contributed by atoms with Gasteiger partial charge in [0.25, 0.3) is 0 Å². The van der Waals surface area contributed by atoms with Crippen molar-refractivity contribution in [3.8, 4) is 11.5 Å². The first kappa shape index (κ1) is 21.0. The largest absolute Gasteiger partial charge is 0.497 e. The van der Waals surface area contributed by atoms with Crippen LogP contribution in [0.3, 0.4) is 0 Å². The summed E-state index contributed by atoms with van der Waals surface area (Å²) >= 11 is 1.49. The van der Waals surface area contributed by atoms with Gasteiger partial charge in [0.2, 0.25) is 5.91 Å². The zero-order valence-corrected chi connectivity index (χ0v) is 16.0. The summed E-state index contributed by atoms with van der Waals surface area (Å²) in [5.41, 5.74) is 1.26. The predicted octanol–water partition coefficient (Wildman–Crippen LogP) is 1.47. The molecule has 7 nitrogen and oxygen atoms in total. The zero-order valence-electron chi connectivity index (χ0n) is 15.2. The molecule has 0 aliphatic carbocycles. The maximum atomic E-state index is 12.4. The summed E-state index contributed by atoms with van der Waals surface area (Å²) in [5.74, 6) is -0.569. The molecule has 1 atom stereocenters. The molecule has 2 rings (SSSR count). The van der Waals surface area contributed by atoms with E-state index in [1.165, 1.54) is 25.6 Å². The van der Waals surface area contributed by atoms with Gasteiger partial charge in [-0.05, 0) is 40.9 Å². The molecule has 0 bridgehead atoms. The second-order valence-corrected chi connectivity index (χ2v) is 6.69. The summed E-state index contributed by atoms with van der Waals surface area (Å²) in [5, 5.41) is 25.3. The Hall–Kier alpha value is -2.36. The Labute approximate surface area is 162 Å². The molecule has 0 aliphatic rings. The maximum Gasteiger partial charge on any atom is 0.475 e. The first-order valence-electron chi connectivity index (χ1n) is 8.36. The first-order chi connectivity index (χ1) is 12.9. The second kappa shape index (κ2) is 10.1. The maximum absolute atomic E-state index is 12.4. The predicted molar refractivity (Wildman–Crippen MR) is 103 cm³/mol. The lowest BCUT2D eigenvalue weighted by Gasteiger charge is -2.17. The smallest absolute Gasteiger partial charge is 0.475 e. The van der Waals surface area contributed by atoms with Gasteiger partial charge in [0.1, 0.15) is 11.5 Å². The van der Waals surface area contributed by atoms with Gasteiger partial charge in [-0.3, -0.25) is 9.59 Å². The molecule has 1 aromatic carbocycles. The lowest BCUT2D eigenvalue weighted by molar-refractivity contribution is -0.121. The number of nitrogens with one attached hydrogen (secondary N) is 1. The number of methoxy groups -OCH3 is 2. The minimum absolute atomic E-state index is 0.0266. The van der Waals surface area contributed by atoms with E-state index in [1.54, 1.807) is 18.2 Å². The topological polar surface area (TPSA) is 105 Å². The van der Waals surface area contributed by atoms with Crippen molar-refractivity contribution < 1.29 is 29.1 Å². The van der Waals surface area contributed by atoms with Gasteiger partial charge in [-0.1, -0.05) is 0 Å². The summed E-state index contributed by atoms with van der Waals surface area (Å²) in [6, 6.07) is 6.70. The molecule has 27 heavy (non-hydrogen) atoms. The number of ketones is 1. The van der Waals surface area contributed by atoms with Crippen molar-refractivity contribution >= 4 is 30.1 Å². The minimum atomic E-state index is -1.69. The third-order valence-electron chi connectivity index (χ3n) is 4.03. The number of rotatable bonds is 10. The van der Waals surface area contributed by atoms with Gasteiger partial charge in [-0.25, -0.2) is 0 Å². The Bertz CT molecular complexity index is 765. The van der Waals surface area contributed by atoms with Gasteiger partial charge in [0.15, 0.2) is 5.78 Å². The summed E-state index contributed by atoms with van der Waals surface area (Å²) in [6.07, 6.45) is 0.204. The number of thiophene rings is 1. The van der Waals surface area contributed by atoms with Crippen molar-refractivity contribution in [3.05, 3.63) is 46.2 Å². The molecule has 0 saturated heterocycles. The molecule has 1 aromatic heterocycles. The molecule has 0 aliphatic heterocycles. The summed E-state index contributed by atoms with van der Waals surface area (Å²) in [7, 11) is 1.28. The van der Waals surface area contributed by atoms with E-state index in [9.17, 15) is 19.6 Å². The van der Waals surface area contributed by atoms with Crippen molar-refractivity contribution in [1.82, 2.24) is 5.32 Å². The molecule has 1 heterocycles. The molecule has 0 unspecified atom stereocenters. The van der Waals surface area contributed by atoms with Gasteiger partial charge in [0, 0.05) is 18.9 Å². The Morgan fingerprint density at radius 3 is 2.56 bits per heavy atom. The van der Waals surface area contributed by atoms with Crippen molar-refractivity contribution in [2.75, 3.05) is 14.2 Å². The van der Waals surface area contributed by atoms with E-state index in [2.05, 4.69) is 5.32 Å². The highest BCUT2D eigenvalue weighted by molar-refractivity contribution is 7.07. The highest BCUT2D eigenvalue weighted by atomic mass is 32.1. The molecule has 0 fully saturated rings. The molecule has 0 spiro atoms. The summed E-state index contributed by atoms with van der Waals surface area (Å²) in [6.45, 7) is 0. The molecular formula is C18H22BNO6S. The van der Waals surface area contributed by atoms with Gasteiger partial charge >= 0.3 is 7.12 Å². The van der Waals surface area contributed by atoms with Crippen LogP contribution < -0.4 is 14.8 Å². The fourth-order valence-electron chi connectivity index (χ4n) is 2.56. The first-order valence-corrected chi connectivity index (χ1v) is 9.30. The molecular weight excluding hydrogens is 369 g/mol. The number of Topliss-reactive ketones (excluding diaryl/α,β-unsaturated/α-hetero) is 1. The van der Waals surface area contributed by atoms with E-state index < -0.39 is 19.0 Å². The van der Waals surface area contributed by atoms with Gasteiger partial charge in [0.05, 0.1) is 25.7 Å². The van der Waals surface area contributed by atoms with Crippen molar-refractivity contribution in [2.45, 2.75) is 25.2 Å². The molecule has 2 aromatic rings. The van der Waals surface area contributed by atoms with Crippen LogP contribution in [0.5, 0.6) is 11.5 Å². The number of carbonyl (C=O) groups excluding carboxylic acids is 2. The van der Waals surface area contributed by atoms with Crippen molar-refractivity contribution in [1.29, 1.82) is 0 Å². The Kier molecular flexibility index (Phi) is 7.84. The van der Waals surface area contributed by atoms with E-state index in [1.807, 2.05) is 16.8 Å². The fourth-order valence-corrected chi connectivity index (χ4v) is 3.24. The van der Waals surface area contributed by atoms with E-state index in [0.29, 0.717) is 23.5 Å². The number of benzene rings is 1. The third-order valence-corrected chi connectivity index (χ3v) is 4.76. The lowest BCUT2D eigenvalue weighted by Crippen LogP contribution is -2.47. The number of hydrogen-bond donors (Lipinski definition) is 3. The molecule has 144 valence electrons. The van der Waals surface area contributed by atoms with E-state index in [0.717, 1.165) is 5.56 Å². The Morgan fingerprint density at radius 2 is 1.96 bits per heavy atom.